The zero-order chi connectivity index (χ0) is 11.4. The molecule has 0 aliphatic rings. The number of carbonyl (C=O) groups is 2. The third kappa shape index (κ3) is 2.70. The summed E-state index contributed by atoms with van der Waals surface area (Å²) in [5.74, 6) is -1.10. The van der Waals surface area contributed by atoms with Gasteiger partial charge in [0.05, 0.1) is 6.61 Å². The van der Waals surface area contributed by atoms with Crippen molar-refractivity contribution in [2.75, 3.05) is 12.3 Å². The van der Waals surface area contributed by atoms with Crippen LogP contribution >= 0.6 is 0 Å². The molecular weight excluding hydrogens is 200 g/mol. The van der Waals surface area contributed by atoms with Gasteiger partial charge in [-0.2, -0.15) is 0 Å². The monoisotopic (exact) mass is 212 g/mol. The summed E-state index contributed by atoms with van der Waals surface area (Å²) in [7, 11) is 0. The second kappa shape index (κ2) is 4.45. The van der Waals surface area contributed by atoms with Crippen LogP contribution in [0.5, 0.6) is 0 Å². The second-order valence-electron chi connectivity index (χ2n) is 2.80. The van der Waals surface area contributed by atoms with Crippen molar-refractivity contribution < 1.29 is 14.3 Å². The number of hydrogen-bond donors (Lipinski definition) is 2. The maximum Gasteiger partial charge on any atom is 0.374 e. The lowest BCUT2D eigenvalue weighted by molar-refractivity contribution is -0.118. The Balaban J connectivity index is 2.95. The van der Waals surface area contributed by atoms with Crippen LogP contribution < -0.4 is 11.5 Å². The Labute approximate surface area is 86.0 Å². The minimum Gasteiger partial charge on any atom is -0.460 e. The molecule has 7 heteroatoms. The molecule has 0 aliphatic heterocycles. The molecule has 0 atom stereocenters. The molecule has 0 unspecified atom stereocenters. The van der Waals surface area contributed by atoms with Crippen LogP contribution in [0.4, 0.5) is 5.82 Å². The van der Waals surface area contributed by atoms with Gasteiger partial charge < -0.3 is 20.8 Å². The van der Waals surface area contributed by atoms with E-state index in [4.69, 9.17) is 16.2 Å². The Kier molecular flexibility index (Phi) is 3.27. The molecule has 0 bridgehead atoms. The second-order valence-corrected chi connectivity index (χ2v) is 2.80. The highest BCUT2D eigenvalue weighted by Crippen LogP contribution is 2.06. The van der Waals surface area contributed by atoms with E-state index >= 15 is 0 Å². The summed E-state index contributed by atoms with van der Waals surface area (Å²) >= 11 is 0. The van der Waals surface area contributed by atoms with Crippen molar-refractivity contribution in [1.82, 2.24) is 9.55 Å². The Hall–Kier alpha value is -2.05. The van der Waals surface area contributed by atoms with Crippen LogP contribution in [0.1, 0.15) is 17.5 Å². The van der Waals surface area contributed by atoms with E-state index in [-0.39, 0.29) is 24.8 Å². The first kappa shape index (κ1) is 11.0. The predicted molar refractivity (Wildman–Crippen MR) is 51.8 cm³/mol. The van der Waals surface area contributed by atoms with Gasteiger partial charge in [-0.3, -0.25) is 4.79 Å². The topological polar surface area (TPSA) is 113 Å². The van der Waals surface area contributed by atoms with Gasteiger partial charge in [0.1, 0.15) is 12.4 Å². The lowest BCUT2D eigenvalue weighted by Gasteiger charge is -2.03. The Morgan fingerprint density at radius 2 is 2.27 bits per heavy atom. The molecule has 0 fully saturated rings. The number of ether oxygens (including phenoxy) is 1. The molecule has 4 N–H and O–H groups in total. The number of anilines is 1. The number of nitrogens with two attached hydrogens (primary N) is 2. The fourth-order valence-corrected chi connectivity index (χ4v) is 1.08. The SMILES string of the molecule is CCOC(=O)c1nc(N)cn1CC(N)=O. The van der Waals surface area contributed by atoms with Gasteiger partial charge in [-0.25, -0.2) is 9.78 Å². The number of amides is 1. The summed E-state index contributed by atoms with van der Waals surface area (Å²) in [5.41, 5.74) is 10.4. The molecule has 7 nitrogen and oxygen atoms in total. The number of nitrogens with zero attached hydrogens (tertiary/aromatic N) is 2. The fraction of sp³-hybridized carbons (Fsp3) is 0.375. The smallest absolute Gasteiger partial charge is 0.374 e. The van der Waals surface area contributed by atoms with E-state index in [0.717, 1.165) is 0 Å². The van der Waals surface area contributed by atoms with E-state index in [1.807, 2.05) is 0 Å². The van der Waals surface area contributed by atoms with Gasteiger partial charge >= 0.3 is 5.97 Å². The standard InChI is InChI=1S/C8H12N4O3/c1-2-15-8(14)7-11-5(9)3-12(7)4-6(10)13/h3H,2,4,9H2,1H3,(H2,10,13). The van der Waals surface area contributed by atoms with Gasteiger partial charge in [0.25, 0.3) is 0 Å². The first-order valence-corrected chi connectivity index (χ1v) is 4.32. The normalized spacial score (nSPS) is 9.93. The zero-order valence-corrected chi connectivity index (χ0v) is 8.27. The van der Waals surface area contributed by atoms with Crippen molar-refractivity contribution in [3.8, 4) is 0 Å². The Morgan fingerprint density at radius 1 is 1.60 bits per heavy atom. The molecule has 0 aromatic carbocycles. The van der Waals surface area contributed by atoms with Crippen LogP contribution in [0.25, 0.3) is 0 Å². The lowest BCUT2D eigenvalue weighted by atomic mass is 10.5. The number of primary amides is 1. The number of rotatable bonds is 4. The van der Waals surface area contributed by atoms with Gasteiger partial charge in [0.2, 0.25) is 11.7 Å². The number of aromatic nitrogens is 2. The van der Waals surface area contributed by atoms with E-state index < -0.39 is 11.9 Å². The van der Waals surface area contributed by atoms with Crippen molar-refractivity contribution in [2.45, 2.75) is 13.5 Å². The summed E-state index contributed by atoms with van der Waals surface area (Å²) < 4.78 is 5.99. The molecule has 0 saturated carbocycles. The first-order chi connectivity index (χ1) is 7.04. The van der Waals surface area contributed by atoms with Gasteiger partial charge in [-0.05, 0) is 6.92 Å². The minimum atomic E-state index is -0.629. The lowest BCUT2D eigenvalue weighted by Crippen LogP contribution is -2.22. The van der Waals surface area contributed by atoms with Crippen LogP contribution in [0, 0.1) is 0 Å². The highest BCUT2D eigenvalue weighted by atomic mass is 16.5. The average Bonchev–Trinajstić information content (AvgIpc) is 2.46. The third-order valence-corrected chi connectivity index (χ3v) is 1.58. The van der Waals surface area contributed by atoms with E-state index in [9.17, 15) is 9.59 Å². The fourth-order valence-electron chi connectivity index (χ4n) is 1.08. The molecule has 82 valence electrons. The minimum absolute atomic E-state index is 0.0202. The number of hydrogen-bond acceptors (Lipinski definition) is 5. The molecule has 1 aromatic heterocycles. The van der Waals surface area contributed by atoms with Crippen LogP contribution in [0.2, 0.25) is 0 Å². The van der Waals surface area contributed by atoms with Gasteiger partial charge in [0, 0.05) is 6.20 Å². The van der Waals surface area contributed by atoms with E-state index in [2.05, 4.69) is 4.98 Å². The molecule has 1 amide bonds. The molecular formula is C8H12N4O3. The van der Waals surface area contributed by atoms with Crippen molar-refractivity contribution in [2.24, 2.45) is 5.73 Å². The Bertz CT molecular complexity index is 385. The maximum atomic E-state index is 11.3. The summed E-state index contributed by atoms with van der Waals surface area (Å²) in [6.45, 7) is 1.74. The third-order valence-electron chi connectivity index (χ3n) is 1.58. The molecule has 1 heterocycles. The van der Waals surface area contributed by atoms with Crippen LogP contribution in [0.15, 0.2) is 6.20 Å². The van der Waals surface area contributed by atoms with Gasteiger partial charge in [0.15, 0.2) is 0 Å². The van der Waals surface area contributed by atoms with Crippen LogP contribution in [0.3, 0.4) is 0 Å². The average molecular weight is 212 g/mol. The number of carbonyl (C=O) groups excluding carboxylic acids is 2. The Morgan fingerprint density at radius 3 is 2.80 bits per heavy atom. The molecule has 1 aromatic rings. The van der Waals surface area contributed by atoms with Crippen molar-refractivity contribution >= 4 is 17.7 Å². The van der Waals surface area contributed by atoms with E-state index in [1.54, 1.807) is 6.92 Å². The molecule has 0 saturated heterocycles. The summed E-state index contributed by atoms with van der Waals surface area (Å²) in [6, 6.07) is 0. The molecule has 15 heavy (non-hydrogen) atoms. The summed E-state index contributed by atoms with van der Waals surface area (Å²) in [5, 5.41) is 0. The van der Waals surface area contributed by atoms with Gasteiger partial charge in [-0.15, -0.1) is 0 Å². The quantitative estimate of drug-likeness (QED) is 0.629. The van der Waals surface area contributed by atoms with Crippen molar-refractivity contribution in [1.29, 1.82) is 0 Å². The maximum absolute atomic E-state index is 11.3. The summed E-state index contributed by atoms with van der Waals surface area (Å²) in [4.78, 5) is 25.8. The zero-order valence-electron chi connectivity index (χ0n) is 8.27. The van der Waals surface area contributed by atoms with Crippen LogP contribution in [-0.4, -0.2) is 28.0 Å². The molecule has 0 spiro atoms. The highest BCUT2D eigenvalue weighted by Gasteiger charge is 2.16. The summed E-state index contributed by atoms with van der Waals surface area (Å²) in [6.07, 6.45) is 1.36. The van der Waals surface area contributed by atoms with Crippen molar-refractivity contribution in [3.05, 3.63) is 12.0 Å². The van der Waals surface area contributed by atoms with Crippen LogP contribution in [-0.2, 0) is 16.1 Å². The molecule has 0 aliphatic carbocycles. The van der Waals surface area contributed by atoms with E-state index in [1.165, 1.54) is 10.8 Å². The van der Waals surface area contributed by atoms with Crippen molar-refractivity contribution in [3.63, 3.8) is 0 Å². The number of imidazole rings is 1. The van der Waals surface area contributed by atoms with Gasteiger partial charge in [-0.1, -0.05) is 0 Å². The predicted octanol–water partition coefficient (Wildman–Crippen LogP) is -0.873. The largest absolute Gasteiger partial charge is 0.460 e. The highest BCUT2D eigenvalue weighted by molar-refractivity contribution is 5.87. The first-order valence-electron chi connectivity index (χ1n) is 4.32. The molecule has 1 rings (SSSR count). The van der Waals surface area contributed by atoms with E-state index in [0.29, 0.717) is 0 Å². The number of esters is 1. The number of nitrogen functional groups attached to an aromatic ring is 1. The molecule has 0 radical (unpaired) electrons.